The fraction of sp³-hybridized carbons (Fsp3) is 0.423. The van der Waals surface area contributed by atoms with Crippen LogP contribution in [0.25, 0.3) is 6.08 Å². The van der Waals surface area contributed by atoms with Gasteiger partial charge in [0.1, 0.15) is 5.54 Å². The van der Waals surface area contributed by atoms with Gasteiger partial charge in [-0.05, 0) is 73.4 Å². The molecule has 4 nitrogen and oxygen atoms in total. The average Bonchev–Trinajstić information content (AvgIpc) is 3.09. The Morgan fingerprint density at radius 3 is 2.53 bits per heavy atom. The summed E-state index contributed by atoms with van der Waals surface area (Å²) in [7, 11) is 1.44. The lowest BCUT2D eigenvalue weighted by Crippen LogP contribution is -2.52. The minimum atomic E-state index is -0.820. The summed E-state index contributed by atoms with van der Waals surface area (Å²) in [6.07, 6.45) is 5.81. The molecular weight excluding hydrogens is 445 g/mol. The van der Waals surface area contributed by atoms with Crippen LogP contribution in [-0.4, -0.2) is 30.3 Å². The second-order valence-corrected chi connectivity index (χ2v) is 10.00. The van der Waals surface area contributed by atoms with Crippen LogP contribution in [0.2, 0.25) is 10.0 Å². The van der Waals surface area contributed by atoms with Gasteiger partial charge in [-0.3, -0.25) is 0 Å². The zero-order valence-corrected chi connectivity index (χ0v) is 20.0. The van der Waals surface area contributed by atoms with Gasteiger partial charge in [0.15, 0.2) is 0 Å². The van der Waals surface area contributed by atoms with E-state index in [2.05, 4.69) is 24.4 Å². The highest BCUT2D eigenvalue weighted by Gasteiger charge is 2.52. The van der Waals surface area contributed by atoms with E-state index >= 15 is 0 Å². The van der Waals surface area contributed by atoms with Gasteiger partial charge in [-0.1, -0.05) is 60.0 Å². The van der Waals surface area contributed by atoms with Crippen molar-refractivity contribution in [2.24, 2.45) is 5.92 Å². The van der Waals surface area contributed by atoms with Crippen LogP contribution < -0.4 is 5.32 Å². The largest absolute Gasteiger partial charge is 0.467 e. The van der Waals surface area contributed by atoms with Crippen molar-refractivity contribution in [3.05, 3.63) is 69.2 Å². The van der Waals surface area contributed by atoms with E-state index in [4.69, 9.17) is 27.9 Å². The molecule has 170 valence electrons. The summed E-state index contributed by atoms with van der Waals surface area (Å²) >= 11 is 12.7. The summed E-state index contributed by atoms with van der Waals surface area (Å²) in [5, 5.41) is 14.5. The van der Waals surface area contributed by atoms with E-state index in [1.807, 2.05) is 36.4 Å². The molecule has 0 aromatic heterocycles. The summed E-state index contributed by atoms with van der Waals surface area (Å²) in [5.41, 5.74) is 3.40. The van der Waals surface area contributed by atoms with Crippen LogP contribution in [-0.2, 0) is 14.9 Å². The van der Waals surface area contributed by atoms with Gasteiger partial charge < -0.3 is 15.2 Å². The maximum absolute atomic E-state index is 13.0. The van der Waals surface area contributed by atoms with Gasteiger partial charge >= 0.3 is 5.97 Å². The molecule has 0 unspecified atom stereocenters. The van der Waals surface area contributed by atoms with E-state index in [-0.39, 0.29) is 23.9 Å². The third-order valence-corrected chi connectivity index (χ3v) is 7.69. The molecule has 6 heteroatoms. The molecule has 1 saturated carbocycles. The molecule has 1 fully saturated rings. The molecule has 0 amide bonds. The normalized spacial score (nSPS) is 25.2. The Labute approximate surface area is 199 Å². The fourth-order valence-corrected chi connectivity index (χ4v) is 5.81. The second-order valence-electron chi connectivity index (χ2n) is 9.15. The molecule has 0 aliphatic heterocycles. The number of aliphatic hydroxyl groups excluding tert-OH is 1. The summed E-state index contributed by atoms with van der Waals surface area (Å²) in [5.74, 6) is -0.103. The van der Waals surface area contributed by atoms with E-state index in [1.54, 1.807) is 0 Å². The summed E-state index contributed by atoms with van der Waals surface area (Å²) in [6.45, 7) is 2.20. The predicted molar refractivity (Wildman–Crippen MR) is 130 cm³/mol. The summed E-state index contributed by atoms with van der Waals surface area (Å²) in [6, 6.07) is 13.5. The highest BCUT2D eigenvalue weighted by molar-refractivity contribution is 6.32. The Morgan fingerprint density at radius 2 is 1.88 bits per heavy atom. The first-order chi connectivity index (χ1) is 15.3. The smallest absolute Gasteiger partial charge is 0.331 e. The third kappa shape index (κ3) is 4.05. The van der Waals surface area contributed by atoms with Gasteiger partial charge in [-0.25, -0.2) is 4.79 Å². The number of ether oxygens (including phenoxy) is 1. The Balaban J connectivity index is 1.68. The van der Waals surface area contributed by atoms with E-state index in [0.29, 0.717) is 17.9 Å². The number of carbonyl (C=O) groups excluding carboxylic acids is 1. The number of esters is 1. The van der Waals surface area contributed by atoms with Gasteiger partial charge in [-0.15, -0.1) is 0 Å². The topological polar surface area (TPSA) is 58.6 Å². The molecule has 0 bridgehead atoms. The molecule has 1 spiro atoms. The molecule has 2 aliphatic rings. The lowest BCUT2D eigenvalue weighted by molar-refractivity contribution is -0.147. The Morgan fingerprint density at radius 1 is 1.16 bits per heavy atom. The maximum atomic E-state index is 13.0. The SMILES string of the molecule is COC(=O)C1(Nc2cccc(Cl)c2)CCC2(CC1)C(C[C@@H](C)CO)=Cc1c(Cl)cccc12. The van der Waals surface area contributed by atoms with Gasteiger partial charge in [0, 0.05) is 27.8 Å². The zero-order valence-electron chi connectivity index (χ0n) is 18.5. The third-order valence-electron chi connectivity index (χ3n) is 7.12. The van der Waals surface area contributed by atoms with Crippen molar-refractivity contribution in [1.82, 2.24) is 0 Å². The van der Waals surface area contributed by atoms with Crippen molar-refractivity contribution in [2.75, 3.05) is 19.0 Å². The van der Waals surface area contributed by atoms with E-state index in [0.717, 1.165) is 35.5 Å². The molecule has 4 rings (SSSR count). The van der Waals surface area contributed by atoms with Crippen molar-refractivity contribution in [1.29, 1.82) is 0 Å². The van der Waals surface area contributed by atoms with Gasteiger partial charge in [0.2, 0.25) is 0 Å². The van der Waals surface area contributed by atoms with Gasteiger partial charge in [0.25, 0.3) is 0 Å². The number of anilines is 1. The zero-order chi connectivity index (χ0) is 22.9. The second kappa shape index (κ2) is 9.09. The van der Waals surface area contributed by atoms with Crippen LogP contribution in [0.1, 0.15) is 50.2 Å². The number of carbonyl (C=O) groups is 1. The number of fused-ring (bicyclic) bond motifs is 2. The van der Waals surface area contributed by atoms with E-state index in [9.17, 15) is 9.90 Å². The number of methoxy groups -OCH3 is 1. The monoisotopic (exact) mass is 473 g/mol. The number of benzene rings is 2. The Bertz CT molecular complexity index is 1040. The first kappa shape index (κ1) is 23.2. The fourth-order valence-electron chi connectivity index (χ4n) is 5.39. The summed E-state index contributed by atoms with van der Waals surface area (Å²) < 4.78 is 5.24. The number of hydrogen-bond acceptors (Lipinski definition) is 4. The van der Waals surface area contributed by atoms with Crippen molar-refractivity contribution in [3.8, 4) is 0 Å². The van der Waals surface area contributed by atoms with Crippen molar-refractivity contribution < 1.29 is 14.6 Å². The average molecular weight is 474 g/mol. The van der Waals surface area contributed by atoms with Gasteiger partial charge in [0.05, 0.1) is 7.11 Å². The van der Waals surface area contributed by atoms with Crippen molar-refractivity contribution in [3.63, 3.8) is 0 Å². The van der Waals surface area contributed by atoms with Crippen LogP contribution in [0.3, 0.4) is 0 Å². The van der Waals surface area contributed by atoms with Crippen LogP contribution in [0.5, 0.6) is 0 Å². The maximum Gasteiger partial charge on any atom is 0.331 e. The quantitative estimate of drug-likeness (QED) is 0.487. The minimum Gasteiger partial charge on any atom is -0.467 e. The van der Waals surface area contributed by atoms with Crippen LogP contribution in [0.15, 0.2) is 48.0 Å². The molecule has 0 heterocycles. The molecule has 0 radical (unpaired) electrons. The van der Waals surface area contributed by atoms with Crippen LogP contribution >= 0.6 is 23.2 Å². The number of aliphatic hydroxyl groups is 1. The number of allylic oxidation sites excluding steroid dienone is 1. The molecule has 0 saturated heterocycles. The molecular formula is C26H29Cl2NO3. The number of rotatable bonds is 6. The summed E-state index contributed by atoms with van der Waals surface area (Å²) in [4.78, 5) is 13.0. The first-order valence-corrected chi connectivity index (χ1v) is 11.8. The molecule has 2 aromatic rings. The predicted octanol–water partition coefficient (Wildman–Crippen LogP) is 6.24. The van der Waals surface area contributed by atoms with Gasteiger partial charge in [-0.2, -0.15) is 0 Å². The Kier molecular flexibility index (Phi) is 6.58. The van der Waals surface area contributed by atoms with E-state index in [1.165, 1.54) is 18.2 Å². The van der Waals surface area contributed by atoms with Crippen LogP contribution in [0, 0.1) is 5.92 Å². The Hall–Kier alpha value is -2.01. The first-order valence-electron chi connectivity index (χ1n) is 11.1. The highest BCUT2D eigenvalue weighted by Crippen LogP contribution is 2.56. The molecule has 1 atom stereocenters. The lowest BCUT2D eigenvalue weighted by atomic mass is 9.61. The number of hydrogen-bond donors (Lipinski definition) is 2. The van der Waals surface area contributed by atoms with E-state index < -0.39 is 5.54 Å². The standard InChI is InChI=1S/C26H29Cl2NO3/c1-17(16-30)13-18-14-21-22(7-4-8-23(21)28)25(18)9-11-26(12-10-25,24(31)32-2)29-20-6-3-5-19(27)15-20/h3-8,14-15,17,29-30H,9-13,16H2,1-2H3/t17-,25?,26?/m1/s1. The molecule has 32 heavy (non-hydrogen) atoms. The van der Waals surface area contributed by atoms with Crippen LogP contribution in [0.4, 0.5) is 5.69 Å². The molecule has 2 N–H and O–H groups in total. The lowest BCUT2D eigenvalue weighted by Gasteiger charge is -2.46. The van der Waals surface area contributed by atoms with Crippen molar-refractivity contribution >= 4 is 40.9 Å². The molecule has 2 aromatic carbocycles. The van der Waals surface area contributed by atoms with Crippen molar-refractivity contribution in [2.45, 2.75) is 50.0 Å². The highest BCUT2D eigenvalue weighted by atomic mass is 35.5. The number of halogens is 2. The number of nitrogens with one attached hydrogen (secondary N) is 1. The molecule has 2 aliphatic carbocycles. The minimum absolute atomic E-state index is 0.139.